The Balaban J connectivity index is 1.59. The lowest BCUT2D eigenvalue weighted by atomic mass is 10.1. The van der Waals surface area contributed by atoms with Gasteiger partial charge in [-0.1, -0.05) is 23.7 Å². The normalized spacial score (nSPS) is 17.2. The molecule has 0 saturated heterocycles. The number of pyridine rings is 1. The third-order valence-corrected chi connectivity index (χ3v) is 7.72. The first kappa shape index (κ1) is 23.2. The molecule has 9 nitrogen and oxygen atoms in total. The van der Waals surface area contributed by atoms with Crippen LogP contribution in [0.4, 0.5) is 5.69 Å². The Labute approximate surface area is 206 Å². The van der Waals surface area contributed by atoms with Crippen molar-refractivity contribution in [2.45, 2.75) is 24.4 Å². The molecule has 3 heterocycles. The number of amides is 1. The largest absolute Gasteiger partial charge is 0.416 e. The number of halogens is 1. The average molecular weight is 510 g/mol. The van der Waals surface area contributed by atoms with Crippen LogP contribution in [0.3, 0.4) is 0 Å². The second-order valence-corrected chi connectivity index (χ2v) is 10.7. The summed E-state index contributed by atoms with van der Waals surface area (Å²) in [7, 11) is -3.82. The Kier molecular flexibility index (Phi) is 5.87. The Hall–Kier alpha value is -3.60. The van der Waals surface area contributed by atoms with Gasteiger partial charge in [0.15, 0.2) is 9.84 Å². The fourth-order valence-electron chi connectivity index (χ4n) is 3.83. The SMILES string of the molecule is Cc1ccc(-c2nnc(-c3ccc4c(c3)N(Cc3ccc(Cl)cc3)C(=O)[C@@H](N)CS4(=O)=O)o2)cn1. The zero-order valence-corrected chi connectivity index (χ0v) is 20.1. The van der Waals surface area contributed by atoms with Crippen molar-refractivity contribution in [1.82, 2.24) is 15.2 Å². The predicted octanol–water partition coefficient (Wildman–Crippen LogP) is 3.41. The fraction of sp³-hybridized carbons (Fsp3) is 0.167. The number of benzene rings is 2. The number of sulfone groups is 1. The van der Waals surface area contributed by atoms with Crippen molar-refractivity contribution in [3.05, 3.63) is 77.1 Å². The number of aromatic nitrogens is 3. The zero-order valence-electron chi connectivity index (χ0n) is 18.6. The quantitative estimate of drug-likeness (QED) is 0.442. The summed E-state index contributed by atoms with van der Waals surface area (Å²) in [6, 6.07) is 14.0. The van der Waals surface area contributed by atoms with E-state index in [1.807, 2.05) is 19.1 Å². The third kappa shape index (κ3) is 4.55. The van der Waals surface area contributed by atoms with Crippen LogP contribution in [0, 0.1) is 6.92 Å². The maximum Gasteiger partial charge on any atom is 0.249 e. The first-order chi connectivity index (χ1) is 16.7. The summed E-state index contributed by atoms with van der Waals surface area (Å²) in [4.78, 5) is 18.8. The second-order valence-electron chi connectivity index (χ2n) is 8.22. The summed E-state index contributed by atoms with van der Waals surface area (Å²) in [5, 5.41) is 8.75. The van der Waals surface area contributed by atoms with Crippen molar-refractivity contribution in [3.8, 4) is 22.9 Å². The van der Waals surface area contributed by atoms with E-state index < -0.39 is 27.5 Å². The summed E-state index contributed by atoms with van der Waals surface area (Å²) in [5.74, 6) is -0.545. The van der Waals surface area contributed by atoms with E-state index in [-0.39, 0.29) is 28.9 Å². The number of nitrogens with two attached hydrogens (primary N) is 1. The molecule has 1 aliphatic rings. The molecule has 0 saturated carbocycles. The highest BCUT2D eigenvalue weighted by atomic mass is 35.5. The highest BCUT2D eigenvalue weighted by Gasteiger charge is 2.36. The van der Waals surface area contributed by atoms with Crippen LogP contribution < -0.4 is 10.6 Å². The van der Waals surface area contributed by atoms with Gasteiger partial charge in [-0.25, -0.2) is 8.42 Å². The molecule has 0 fully saturated rings. The van der Waals surface area contributed by atoms with Crippen molar-refractivity contribution in [2.75, 3.05) is 10.7 Å². The van der Waals surface area contributed by atoms with Crippen molar-refractivity contribution < 1.29 is 17.6 Å². The topological polar surface area (TPSA) is 132 Å². The van der Waals surface area contributed by atoms with Crippen LogP contribution >= 0.6 is 11.6 Å². The average Bonchev–Trinajstić information content (AvgIpc) is 3.31. The Morgan fingerprint density at radius 3 is 2.43 bits per heavy atom. The van der Waals surface area contributed by atoms with Crippen LogP contribution in [-0.2, 0) is 21.2 Å². The van der Waals surface area contributed by atoms with E-state index in [1.54, 1.807) is 42.6 Å². The van der Waals surface area contributed by atoms with E-state index in [2.05, 4.69) is 15.2 Å². The van der Waals surface area contributed by atoms with Gasteiger partial charge in [0.25, 0.3) is 0 Å². The first-order valence-electron chi connectivity index (χ1n) is 10.7. The molecule has 1 aliphatic heterocycles. The molecule has 0 bridgehead atoms. The smallest absolute Gasteiger partial charge is 0.249 e. The van der Waals surface area contributed by atoms with Crippen molar-refractivity contribution in [3.63, 3.8) is 0 Å². The monoisotopic (exact) mass is 509 g/mol. The minimum absolute atomic E-state index is 0.0130. The number of rotatable bonds is 4. The minimum atomic E-state index is -3.82. The number of carbonyl (C=O) groups is 1. The molecule has 0 unspecified atom stereocenters. The third-order valence-electron chi connectivity index (χ3n) is 5.65. The zero-order chi connectivity index (χ0) is 24.7. The Morgan fingerprint density at radius 1 is 1.06 bits per heavy atom. The van der Waals surface area contributed by atoms with Crippen LogP contribution in [0.25, 0.3) is 22.9 Å². The van der Waals surface area contributed by atoms with E-state index in [9.17, 15) is 13.2 Å². The molecule has 1 amide bonds. The molecule has 11 heteroatoms. The van der Waals surface area contributed by atoms with Gasteiger partial charge in [0.05, 0.1) is 34.5 Å². The molecule has 2 aromatic heterocycles. The molecule has 35 heavy (non-hydrogen) atoms. The molecular weight excluding hydrogens is 490 g/mol. The van der Waals surface area contributed by atoms with E-state index in [1.165, 1.54) is 11.0 Å². The van der Waals surface area contributed by atoms with Crippen LogP contribution in [-0.4, -0.2) is 41.3 Å². The summed E-state index contributed by atoms with van der Waals surface area (Å²) in [6.07, 6.45) is 1.63. The maximum atomic E-state index is 13.2. The maximum absolute atomic E-state index is 13.2. The van der Waals surface area contributed by atoms with Gasteiger partial charge >= 0.3 is 0 Å². The second kappa shape index (κ2) is 8.88. The molecule has 4 aromatic rings. The molecule has 0 aliphatic carbocycles. The van der Waals surface area contributed by atoms with E-state index in [0.717, 1.165) is 11.3 Å². The van der Waals surface area contributed by atoms with Gasteiger partial charge in [-0.05, 0) is 55.0 Å². The number of hydrogen-bond acceptors (Lipinski definition) is 8. The van der Waals surface area contributed by atoms with E-state index in [4.69, 9.17) is 21.8 Å². The molecule has 2 aromatic carbocycles. The summed E-state index contributed by atoms with van der Waals surface area (Å²) in [6.45, 7) is 1.98. The highest BCUT2D eigenvalue weighted by Crippen LogP contribution is 2.35. The fourth-order valence-corrected chi connectivity index (χ4v) is 5.51. The van der Waals surface area contributed by atoms with Crippen LogP contribution in [0.5, 0.6) is 0 Å². The Morgan fingerprint density at radius 2 is 1.74 bits per heavy atom. The lowest BCUT2D eigenvalue weighted by molar-refractivity contribution is -0.119. The van der Waals surface area contributed by atoms with Gasteiger partial charge < -0.3 is 15.1 Å². The molecule has 0 spiro atoms. The van der Waals surface area contributed by atoms with Gasteiger partial charge in [0, 0.05) is 22.5 Å². The highest BCUT2D eigenvalue weighted by molar-refractivity contribution is 7.91. The first-order valence-corrected chi connectivity index (χ1v) is 12.7. The molecular formula is C24H20ClN5O4S. The number of nitrogens with zero attached hydrogens (tertiary/aromatic N) is 4. The number of hydrogen-bond donors (Lipinski definition) is 1. The molecule has 2 N–H and O–H groups in total. The molecule has 0 radical (unpaired) electrons. The van der Waals surface area contributed by atoms with Gasteiger partial charge in [0.1, 0.15) is 0 Å². The van der Waals surface area contributed by atoms with Gasteiger partial charge in [0.2, 0.25) is 17.7 Å². The minimum Gasteiger partial charge on any atom is -0.416 e. The Bertz CT molecular complexity index is 1520. The van der Waals surface area contributed by atoms with Crippen molar-refractivity contribution in [2.24, 2.45) is 5.73 Å². The molecule has 178 valence electrons. The summed E-state index contributed by atoms with van der Waals surface area (Å²) < 4.78 is 31.9. The van der Waals surface area contributed by atoms with Gasteiger partial charge in [-0.15, -0.1) is 10.2 Å². The lowest BCUT2D eigenvalue weighted by Gasteiger charge is -2.24. The number of aryl methyl sites for hydroxylation is 1. The van der Waals surface area contributed by atoms with Crippen LogP contribution in [0.15, 0.2) is 70.1 Å². The van der Waals surface area contributed by atoms with Crippen molar-refractivity contribution >= 4 is 33.0 Å². The van der Waals surface area contributed by atoms with Crippen LogP contribution in [0.1, 0.15) is 11.3 Å². The lowest BCUT2D eigenvalue weighted by Crippen LogP contribution is -2.45. The van der Waals surface area contributed by atoms with Gasteiger partial charge in [-0.2, -0.15) is 0 Å². The van der Waals surface area contributed by atoms with E-state index in [0.29, 0.717) is 16.1 Å². The van der Waals surface area contributed by atoms with Crippen molar-refractivity contribution in [1.29, 1.82) is 0 Å². The number of anilines is 1. The standard InChI is InChI=1S/C24H20ClN5O4S/c1-14-2-5-17(11-27-14)23-29-28-22(34-23)16-6-9-21-20(10-16)30(12-15-3-7-18(25)8-4-15)24(31)19(26)13-35(21,32)33/h2-11,19H,12-13,26H2,1H3/t19-/m0/s1. The summed E-state index contributed by atoms with van der Waals surface area (Å²) in [5.41, 5.74) is 8.91. The summed E-state index contributed by atoms with van der Waals surface area (Å²) >= 11 is 5.99. The molecule has 5 rings (SSSR count). The molecule has 1 atom stereocenters. The van der Waals surface area contributed by atoms with E-state index >= 15 is 0 Å². The number of fused-ring (bicyclic) bond motifs is 1. The van der Waals surface area contributed by atoms with Crippen LogP contribution in [0.2, 0.25) is 5.02 Å². The predicted molar refractivity (Wildman–Crippen MR) is 130 cm³/mol. The van der Waals surface area contributed by atoms with Gasteiger partial charge in [-0.3, -0.25) is 9.78 Å². The number of carbonyl (C=O) groups excluding carboxylic acids is 1.